The van der Waals surface area contributed by atoms with Crippen molar-refractivity contribution >= 4 is 10.8 Å². The average molecular weight is 413 g/mol. The van der Waals surface area contributed by atoms with Crippen LogP contribution in [0.2, 0.25) is 0 Å². The number of benzene rings is 2. The van der Waals surface area contributed by atoms with Gasteiger partial charge >= 0.3 is 0 Å². The van der Waals surface area contributed by atoms with Gasteiger partial charge in [-0.1, -0.05) is 108 Å². The molecule has 0 aliphatic carbocycles. The first-order valence-corrected chi connectivity index (χ1v) is 12.5. The number of ether oxygens (including phenoxy) is 2. The number of rotatable bonds is 18. The Morgan fingerprint density at radius 3 is 2.27 bits per heavy atom. The lowest BCUT2D eigenvalue weighted by molar-refractivity contribution is 0.0229. The van der Waals surface area contributed by atoms with Crippen LogP contribution in [0.25, 0.3) is 10.8 Å². The molecule has 0 heterocycles. The monoisotopic (exact) mass is 412 g/mol. The molecule has 168 valence electrons. The first kappa shape index (κ1) is 24.9. The van der Waals surface area contributed by atoms with Crippen LogP contribution in [-0.4, -0.2) is 25.9 Å². The summed E-state index contributed by atoms with van der Waals surface area (Å²) in [7, 11) is 0. The van der Waals surface area contributed by atoms with Crippen LogP contribution in [0.3, 0.4) is 0 Å². The predicted octanol–water partition coefficient (Wildman–Crippen LogP) is 8.12. The second kappa shape index (κ2) is 16.3. The summed E-state index contributed by atoms with van der Waals surface area (Å²) in [5, 5.41) is 2.66. The summed E-state index contributed by atoms with van der Waals surface area (Å²) in [6, 6.07) is 15.1. The lowest BCUT2D eigenvalue weighted by Crippen LogP contribution is -2.15. The third kappa shape index (κ3) is 10.1. The zero-order valence-electron chi connectivity index (χ0n) is 19.5. The SMILES string of the molecule is CCCCCCCCCC(CCC)OCCCOCCc1cccc2ccccc12. The van der Waals surface area contributed by atoms with Crippen LogP contribution in [0, 0.1) is 0 Å². The van der Waals surface area contributed by atoms with Gasteiger partial charge in [0.1, 0.15) is 0 Å². The Morgan fingerprint density at radius 2 is 1.43 bits per heavy atom. The highest BCUT2D eigenvalue weighted by Crippen LogP contribution is 2.19. The fourth-order valence-corrected chi connectivity index (χ4v) is 4.17. The van der Waals surface area contributed by atoms with Gasteiger partial charge in [-0.05, 0) is 42.0 Å². The van der Waals surface area contributed by atoms with E-state index < -0.39 is 0 Å². The van der Waals surface area contributed by atoms with Crippen molar-refractivity contribution in [2.75, 3.05) is 19.8 Å². The van der Waals surface area contributed by atoms with Crippen LogP contribution < -0.4 is 0 Å². The minimum absolute atomic E-state index is 0.446. The maximum atomic E-state index is 6.17. The van der Waals surface area contributed by atoms with Gasteiger partial charge in [0.05, 0.1) is 12.7 Å². The van der Waals surface area contributed by atoms with Crippen molar-refractivity contribution in [2.45, 2.75) is 97.0 Å². The van der Waals surface area contributed by atoms with E-state index >= 15 is 0 Å². The van der Waals surface area contributed by atoms with Crippen molar-refractivity contribution in [2.24, 2.45) is 0 Å². The van der Waals surface area contributed by atoms with Crippen LogP contribution in [-0.2, 0) is 15.9 Å². The molecule has 2 rings (SSSR count). The Kier molecular flexibility index (Phi) is 13.5. The molecule has 0 amide bonds. The van der Waals surface area contributed by atoms with Crippen molar-refractivity contribution in [1.29, 1.82) is 0 Å². The third-order valence-corrected chi connectivity index (χ3v) is 5.92. The zero-order valence-corrected chi connectivity index (χ0v) is 19.5. The lowest BCUT2D eigenvalue weighted by atomic mass is 10.0. The Labute approximate surface area is 185 Å². The Hall–Kier alpha value is -1.38. The molecule has 30 heavy (non-hydrogen) atoms. The number of hydrogen-bond acceptors (Lipinski definition) is 2. The summed E-state index contributed by atoms with van der Waals surface area (Å²) in [5.74, 6) is 0. The second-order valence-corrected chi connectivity index (χ2v) is 8.55. The molecular formula is C28H44O2. The van der Waals surface area contributed by atoms with Crippen LogP contribution in [0.5, 0.6) is 0 Å². The summed E-state index contributed by atoms with van der Waals surface area (Å²) in [5.41, 5.74) is 1.38. The van der Waals surface area contributed by atoms with Gasteiger partial charge in [0.2, 0.25) is 0 Å². The van der Waals surface area contributed by atoms with Gasteiger partial charge < -0.3 is 9.47 Å². The van der Waals surface area contributed by atoms with E-state index in [1.807, 2.05) is 0 Å². The van der Waals surface area contributed by atoms with Gasteiger partial charge in [0.25, 0.3) is 0 Å². The molecular weight excluding hydrogens is 368 g/mol. The van der Waals surface area contributed by atoms with Crippen molar-refractivity contribution in [1.82, 2.24) is 0 Å². The molecule has 0 aromatic heterocycles. The summed E-state index contributed by atoms with van der Waals surface area (Å²) >= 11 is 0. The van der Waals surface area contributed by atoms with E-state index in [1.54, 1.807) is 0 Å². The Morgan fingerprint density at radius 1 is 0.667 bits per heavy atom. The molecule has 0 aliphatic rings. The topological polar surface area (TPSA) is 18.5 Å². The molecule has 2 aromatic rings. The van der Waals surface area contributed by atoms with E-state index in [0.717, 1.165) is 32.7 Å². The van der Waals surface area contributed by atoms with Crippen LogP contribution in [0.1, 0.15) is 90.0 Å². The minimum atomic E-state index is 0.446. The minimum Gasteiger partial charge on any atom is -0.381 e. The van der Waals surface area contributed by atoms with Crippen LogP contribution in [0.15, 0.2) is 42.5 Å². The molecule has 0 radical (unpaired) electrons. The van der Waals surface area contributed by atoms with Crippen LogP contribution >= 0.6 is 0 Å². The van der Waals surface area contributed by atoms with E-state index in [-0.39, 0.29) is 0 Å². The summed E-state index contributed by atoms with van der Waals surface area (Å²) in [4.78, 5) is 0. The molecule has 2 aromatic carbocycles. The van der Waals surface area contributed by atoms with Crippen LogP contribution in [0.4, 0.5) is 0 Å². The third-order valence-electron chi connectivity index (χ3n) is 5.92. The van der Waals surface area contributed by atoms with Crippen molar-refractivity contribution in [3.05, 3.63) is 48.0 Å². The molecule has 2 heteroatoms. The number of fused-ring (bicyclic) bond motifs is 1. The van der Waals surface area contributed by atoms with Gasteiger partial charge in [-0.2, -0.15) is 0 Å². The molecule has 0 spiro atoms. The van der Waals surface area contributed by atoms with Gasteiger partial charge in [0.15, 0.2) is 0 Å². The predicted molar refractivity (Wildman–Crippen MR) is 130 cm³/mol. The van der Waals surface area contributed by atoms with E-state index in [0.29, 0.717) is 6.10 Å². The largest absolute Gasteiger partial charge is 0.381 e. The Balaban J connectivity index is 1.52. The molecule has 0 aliphatic heterocycles. The highest BCUT2D eigenvalue weighted by atomic mass is 16.5. The molecule has 0 bridgehead atoms. The molecule has 2 nitrogen and oxygen atoms in total. The van der Waals surface area contributed by atoms with Crippen molar-refractivity contribution in [3.8, 4) is 0 Å². The highest BCUT2D eigenvalue weighted by molar-refractivity contribution is 5.85. The van der Waals surface area contributed by atoms with Gasteiger partial charge in [-0.15, -0.1) is 0 Å². The summed E-state index contributed by atoms with van der Waals surface area (Å²) < 4.78 is 12.1. The molecule has 1 unspecified atom stereocenters. The average Bonchev–Trinajstić information content (AvgIpc) is 2.77. The van der Waals surface area contributed by atoms with Gasteiger partial charge in [-0.25, -0.2) is 0 Å². The van der Waals surface area contributed by atoms with Crippen molar-refractivity contribution in [3.63, 3.8) is 0 Å². The van der Waals surface area contributed by atoms with Gasteiger partial charge in [0, 0.05) is 13.2 Å². The van der Waals surface area contributed by atoms with E-state index in [4.69, 9.17) is 9.47 Å². The van der Waals surface area contributed by atoms with Gasteiger partial charge in [-0.3, -0.25) is 0 Å². The maximum Gasteiger partial charge on any atom is 0.0575 e. The zero-order chi connectivity index (χ0) is 21.3. The number of unbranched alkanes of at least 4 members (excludes halogenated alkanes) is 6. The molecule has 0 N–H and O–H groups in total. The fourth-order valence-electron chi connectivity index (χ4n) is 4.17. The highest BCUT2D eigenvalue weighted by Gasteiger charge is 2.08. The Bertz CT molecular complexity index is 661. The quantitative estimate of drug-likeness (QED) is 0.230. The first-order chi connectivity index (χ1) is 14.8. The molecule has 0 fully saturated rings. The smallest absolute Gasteiger partial charge is 0.0575 e. The molecule has 1 atom stereocenters. The first-order valence-electron chi connectivity index (χ1n) is 12.5. The summed E-state index contributed by atoms with van der Waals surface area (Å²) in [6.45, 7) is 6.95. The summed E-state index contributed by atoms with van der Waals surface area (Å²) in [6.07, 6.45) is 15.7. The lowest BCUT2D eigenvalue weighted by Gasteiger charge is -2.17. The second-order valence-electron chi connectivity index (χ2n) is 8.55. The van der Waals surface area contributed by atoms with E-state index in [2.05, 4.69) is 56.3 Å². The standard InChI is InChI=1S/C28H44O2/c1-3-5-6-7-8-9-10-19-27(15-4-2)30-23-14-22-29-24-21-26-18-13-17-25-16-11-12-20-28(25)26/h11-13,16-18,20,27H,3-10,14-15,19,21-24H2,1-2H3. The van der Waals surface area contributed by atoms with E-state index in [1.165, 1.54) is 80.5 Å². The maximum absolute atomic E-state index is 6.17. The molecule has 0 saturated heterocycles. The van der Waals surface area contributed by atoms with E-state index in [9.17, 15) is 0 Å². The van der Waals surface area contributed by atoms with Crippen molar-refractivity contribution < 1.29 is 9.47 Å². The normalized spacial score (nSPS) is 12.5. The molecule has 0 saturated carbocycles. The number of hydrogen-bond donors (Lipinski definition) is 0. The fraction of sp³-hybridized carbons (Fsp3) is 0.643.